The van der Waals surface area contributed by atoms with Gasteiger partial charge in [0.1, 0.15) is 11.6 Å². The minimum atomic E-state index is -3.80. The molecule has 0 aromatic heterocycles. The van der Waals surface area contributed by atoms with Gasteiger partial charge in [-0.3, -0.25) is 4.79 Å². The van der Waals surface area contributed by atoms with Gasteiger partial charge in [-0.15, -0.1) is 0 Å². The topological polar surface area (TPSA) is 66.5 Å². The van der Waals surface area contributed by atoms with Crippen LogP contribution in [-0.4, -0.2) is 37.8 Å². The van der Waals surface area contributed by atoms with Gasteiger partial charge in [-0.2, -0.15) is 4.31 Å². The van der Waals surface area contributed by atoms with E-state index in [0.29, 0.717) is 30.0 Å². The SMILES string of the molecule is Cc1c(Cl)cccc1S(=O)(=O)N1CCCC(NC(=O)c2cc(F)ccc2F)C1. The Hall–Kier alpha value is -2.03. The zero-order valence-corrected chi connectivity index (χ0v) is 16.7. The van der Waals surface area contributed by atoms with Gasteiger partial charge in [0.25, 0.3) is 5.91 Å². The first-order valence-corrected chi connectivity index (χ1v) is 10.5. The summed E-state index contributed by atoms with van der Waals surface area (Å²) in [5.74, 6) is -2.34. The van der Waals surface area contributed by atoms with Crippen LogP contribution in [0.2, 0.25) is 5.02 Å². The second-order valence-corrected chi connectivity index (χ2v) is 8.98. The lowest BCUT2D eigenvalue weighted by molar-refractivity contribution is 0.0916. The average molecular weight is 429 g/mol. The molecule has 0 radical (unpaired) electrons. The van der Waals surface area contributed by atoms with E-state index >= 15 is 0 Å². The number of rotatable bonds is 4. The number of hydrogen-bond acceptors (Lipinski definition) is 3. The van der Waals surface area contributed by atoms with Crippen LogP contribution in [0, 0.1) is 18.6 Å². The van der Waals surface area contributed by atoms with E-state index in [0.717, 1.165) is 18.2 Å². The Balaban J connectivity index is 1.78. The molecule has 1 amide bonds. The molecule has 1 atom stereocenters. The summed E-state index contributed by atoms with van der Waals surface area (Å²) in [4.78, 5) is 12.4. The predicted octanol–water partition coefficient (Wildman–Crippen LogP) is 3.51. The number of hydrogen-bond donors (Lipinski definition) is 1. The van der Waals surface area contributed by atoms with Gasteiger partial charge in [-0.1, -0.05) is 17.7 Å². The Kier molecular flexibility index (Phi) is 6.02. The zero-order valence-electron chi connectivity index (χ0n) is 15.1. The van der Waals surface area contributed by atoms with Crippen LogP contribution in [0.15, 0.2) is 41.3 Å². The van der Waals surface area contributed by atoms with Crippen molar-refractivity contribution in [1.82, 2.24) is 9.62 Å². The van der Waals surface area contributed by atoms with Gasteiger partial charge < -0.3 is 5.32 Å². The summed E-state index contributed by atoms with van der Waals surface area (Å²) in [6, 6.07) is 6.77. The Morgan fingerprint density at radius 3 is 2.75 bits per heavy atom. The molecule has 1 aliphatic heterocycles. The third-order valence-corrected chi connectivity index (χ3v) is 7.15. The number of nitrogens with zero attached hydrogens (tertiary/aromatic N) is 1. The summed E-state index contributed by atoms with van der Waals surface area (Å²) in [5, 5.41) is 2.96. The van der Waals surface area contributed by atoms with Crippen LogP contribution in [0.3, 0.4) is 0 Å². The number of nitrogens with one attached hydrogen (secondary N) is 1. The number of halogens is 3. The van der Waals surface area contributed by atoms with Crippen molar-refractivity contribution in [2.45, 2.75) is 30.7 Å². The molecule has 5 nitrogen and oxygen atoms in total. The molecule has 2 aromatic rings. The van der Waals surface area contributed by atoms with Crippen molar-refractivity contribution in [1.29, 1.82) is 0 Å². The number of sulfonamides is 1. The van der Waals surface area contributed by atoms with Gasteiger partial charge in [-0.05, 0) is 55.7 Å². The average Bonchev–Trinajstić information content (AvgIpc) is 2.66. The molecule has 1 unspecified atom stereocenters. The predicted molar refractivity (Wildman–Crippen MR) is 102 cm³/mol. The van der Waals surface area contributed by atoms with Gasteiger partial charge >= 0.3 is 0 Å². The molecule has 0 spiro atoms. The fourth-order valence-corrected chi connectivity index (χ4v) is 5.22. The maximum absolute atomic E-state index is 13.8. The van der Waals surface area contributed by atoms with Crippen molar-refractivity contribution in [2.75, 3.05) is 13.1 Å². The number of piperidine rings is 1. The van der Waals surface area contributed by atoms with Crippen molar-refractivity contribution in [3.05, 3.63) is 64.2 Å². The molecule has 1 aliphatic rings. The van der Waals surface area contributed by atoms with Crippen LogP contribution in [0.25, 0.3) is 0 Å². The molecule has 1 fully saturated rings. The highest BCUT2D eigenvalue weighted by Crippen LogP contribution is 2.27. The molecule has 9 heteroatoms. The summed E-state index contributed by atoms with van der Waals surface area (Å²) in [7, 11) is -3.80. The lowest BCUT2D eigenvalue weighted by Crippen LogP contribution is -2.49. The van der Waals surface area contributed by atoms with Crippen LogP contribution in [0.4, 0.5) is 8.78 Å². The Labute approximate surface area is 167 Å². The Bertz CT molecular complexity index is 1010. The van der Waals surface area contributed by atoms with E-state index in [1.165, 1.54) is 10.4 Å². The summed E-state index contributed by atoms with van der Waals surface area (Å²) in [6.45, 7) is 1.97. The molecule has 28 heavy (non-hydrogen) atoms. The maximum atomic E-state index is 13.8. The maximum Gasteiger partial charge on any atom is 0.254 e. The minimum Gasteiger partial charge on any atom is -0.348 e. The number of amides is 1. The molecule has 3 rings (SSSR count). The van der Waals surface area contributed by atoms with Crippen LogP contribution in [-0.2, 0) is 10.0 Å². The highest BCUT2D eigenvalue weighted by atomic mass is 35.5. The van der Waals surface area contributed by atoms with Gasteiger partial charge in [0.15, 0.2) is 0 Å². The Morgan fingerprint density at radius 2 is 2.00 bits per heavy atom. The molecule has 1 N–H and O–H groups in total. The first kappa shape index (κ1) is 20.7. The summed E-state index contributed by atoms with van der Waals surface area (Å²) >= 11 is 6.05. The summed E-state index contributed by atoms with van der Waals surface area (Å²) in [6.07, 6.45) is 1.05. The second kappa shape index (κ2) is 8.14. The molecule has 1 heterocycles. The van der Waals surface area contributed by atoms with E-state index in [9.17, 15) is 22.0 Å². The molecule has 150 valence electrons. The van der Waals surface area contributed by atoms with Crippen LogP contribution in [0.5, 0.6) is 0 Å². The Morgan fingerprint density at radius 1 is 1.25 bits per heavy atom. The van der Waals surface area contributed by atoms with Gasteiger partial charge in [0.05, 0.1) is 10.5 Å². The summed E-state index contributed by atoms with van der Waals surface area (Å²) in [5.41, 5.74) is 0.0443. The lowest BCUT2D eigenvalue weighted by atomic mass is 10.1. The highest BCUT2D eigenvalue weighted by Gasteiger charge is 2.32. The first-order valence-electron chi connectivity index (χ1n) is 8.71. The van der Waals surface area contributed by atoms with Gasteiger partial charge in [0.2, 0.25) is 10.0 Å². The van der Waals surface area contributed by atoms with Gasteiger partial charge in [0, 0.05) is 24.2 Å². The number of carbonyl (C=O) groups is 1. The van der Waals surface area contributed by atoms with Crippen molar-refractivity contribution in [3.63, 3.8) is 0 Å². The minimum absolute atomic E-state index is 0.0387. The molecule has 2 aromatic carbocycles. The van der Waals surface area contributed by atoms with E-state index in [1.54, 1.807) is 19.1 Å². The van der Waals surface area contributed by atoms with Crippen LogP contribution in [0.1, 0.15) is 28.8 Å². The van der Waals surface area contributed by atoms with E-state index in [2.05, 4.69) is 5.32 Å². The quantitative estimate of drug-likeness (QED) is 0.810. The number of carbonyl (C=O) groups excluding carboxylic acids is 1. The van der Waals surface area contributed by atoms with Crippen LogP contribution < -0.4 is 5.32 Å². The highest BCUT2D eigenvalue weighted by molar-refractivity contribution is 7.89. The second-order valence-electron chi connectivity index (χ2n) is 6.66. The molecule has 0 bridgehead atoms. The normalized spacial score (nSPS) is 18.1. The fourth-order valence-electron chi connectivity index (χ4n) is 3.22. The fraction of sp³-hybridized carbons (Fsp3) is 0.316. The van der Waals surface area contributed by atoms with Crippen molar-refractivity contribution in [3.8, 4) is 0 Å². The number of benzene rings is 2. The van der Waals surface area contributed by atoms with E-state index in [1.807, 2.05) is 0 Å². The third kappa shape index (κ3) is 4.19. The standard InChI is InChI=1S/C19H19ClF2N2O3S/c1-12-16(20)5-2-6-18(12)28(26,27)24-9-3-4-14(11-24)23-19(25)15-10-13(21)7-8-17(15)22/h2,5-8,10,14H,3-4,9,11H2,1H3,(H,23,25). The largest absolute Gasteiger partial charge is 0.348 e. The molecule has 1 saturated heterocycles. The molecule has 0 aliphatic carbocycles. The molecular weight excluding hydrogens is 410 g/mol. The van der Waals surface area contributed by atoms with Crippen molar-refractivity contribution >= 4 is 27.5 Å². The third-order valence-electron chi connectivity index (χ3n) is 4.73. The smallest absolute Gasteiger partial charge is 0.254 e. The van der Waals surface area contributed by atoms with Crippen molar-refractivity contribution in [2.24, 2.45) is 0 Å². The first-order chi connectivity index (χ1) is 13.2. The monoisotopic (exact) mass is 428 g/mol. The zero-order chi connectivity index (χ0) is 20.5. The van der Waals surface area contributed by atoms with Crippen molar-refractivity contribution < 1.29 is 22.0 Å². The van der Waals surface area contributed by atoms with E-state index < -0.39 is 39.2 Å². The van der Waals surface area contributed by atoms with Gasteiger partial charge in [-0.25, -0.2) is 17.2 Å². The lowest BCUT2D eigenvalue weighted by Gasteiger charge is -2.32. The molecule has 0 saturated carbocycles. The van der Waals surface area contributed by atoms with E-state index in [4.69, 9.17) is 11.6 Å². The van der Waals surface area contributed by atoms with E-state index in [-0.39, 0.29) is 11.4 Å². The molecular formula is C19H19ClF2N2O3S. The van der Waals surface area contributed by atoms with Crippen LogP contribution >= 0.6 is 11.6 Å². The summed E-state index contributed by atoms with van der Waals surface area (Å²) < 4.78 is 54.4.